The van der Waals surface area contributed by atoms with Crippen LogP contribution in [0.4, 0.5) is 5.69 Å². The van der Waals surface area contributed by atoms with E-state index in [4.69, 9.17) is 10.5 Å². The summed E-state index contributed by atoms with van der Waals surface area (Å²) in [5.41, 5.74) is 10.0. The van der Waals surface area contributed by atoms with Crippen LogP contribution in [0.5, 0.6) is 5.75 Å². The van der Waals surface area contributed by atoms with E-state index in [1.54, 1.807) is 29.1 Å². The zero-order valence-electron chi connectivity index (χ0n) is 18.3. The molecular formula is C26H25N5O2. The number of aromatic amines is 1. The standard InChI is InChI=1S/C26H25N5O2/c27-17-1-6-21-16(11-17)12-20(24(32)28-21)22-14-31(30-29-22)18-2-4-19(5-3-18)33-23-13-26(23)10-9-25(15-26)7-8-25/h1-6,11-12,14,23H,7-10,13,15,27H2,(H,28,32)/t23?,26-/m1/s1. The summed E-state index contributed by atoms with van der Waals surface area (Å²) >= 11 is 0. The van der Waals surface area contributed by atoms with Gasteiger partial charge in [0.25, 0.3) is 5.56 Å². The first kappa shape index (κ1) is 18.9. The van der Waals surface area contributed by atoms with E-state index in [0.717, 1.165) is 22.3 Å². The van der Waals surface area contributed by atoms with Crippen molar-refractivity contribution in [1.82, 2.24) is 20.0 Å². The van der Waals surface area contributed by atoms with Gasteiger partial charge in [-0.1, -0.05) is 5.21 Å². The fourth-order valence-electron chi connectivity index (χ4n) is 5.74. The lowest BCUT2D eigenvalue weighted by atomic mass is 10.0. The summed E-state index contributed by atoms with van der Waals surface area (Å²) in [5.74, 6) is 0.904. The summed E-state index contributed by atoms with van der Waals surface area (Å²) < 4.78 is 7.99. The Labute approximate surface area is 190 Å². The number of ether oxygens (including phenoxy) is 1. The maximum atomic E-state index is 12.6. The van der Waals surface area contributed by atoms with Crippen LogP contribution in [0.3, 0.4) is 0 Å². The van der Waals surface area contributed by atoms with Crippen LogP contribution in [-0.4, -0.2) is 26.1 Å². The van der Waals surface area contributed by atoms with Gasteiger partial charge in [-0.3, -0.25) is 4.79 Å². The van der Waals surface area contributed by atoms with E-state index in [1.807, 2.05) is 30.3 Å². The van der Waals surface area contributed by atoms with Crippen LogP contribution in [0.1, 0.15) is 38.5 Å². The number of H-pyrrole nitrogens is 1. The van der Waals surface area contributed by atoms with E-state index in [9.17, 15) is 4.79 Å². The summed E-state index contributed by atoms with van der Waals surface area (Å²) in [6.45, 7) is 0. The molecule has 0 bridgehead atoms. The lowest BCUT2D eigenvalue weighted by Crippen LogP contribution is -2.09. The molecule has 166 valence electrons. The Hall–Kier alpha value is -3.61. The van der Waals surface area contributed by atoms with E-state index in [2.05, 4.69) is 15.3 Å². The number of pyridine rings is 1. The molecule has 3 N–H and O–H groups in total. The molecule has 2 atom stereocenters. The van der Waals surface area contributed by atoms with Crippen LogP contribution in [0, 0.1) is 10.8 Å². The van der Waals surface area contributed by atoms with Crippen molar-refractivity contribution < 1.29 is 4.74 Å². The van der Waals surface area contributed by atoms with Crippen molar-refractivity contribution in [3.05, 3.63) is 65.1 Å². The van der Waals surface area contributed by atoms with Crippen LogP contribution in [0.2, 0.25) is 0 Å². The zero-order chi connectivity index (χ0) is 22.2. The van der Waals surface area contributed by atoms with Crippen molar-refractivity contribution in [2.24, 2.45) is 10.8 Å². The predicted octanol–water partition coefficient (Wildman–Crippen LogP) is 4.46. The number of aromatic nitrogens is 4. The number of rotatable bonds is 4. The van der Waals surface area contributed by atoms with Crippen molar-refractivity contribution in [3.8, 4) is 22.7 Å². The molecular weight excluding hydrogens is 414 g/mol. The van der Waals surface area contributed by atoms with Gasteiger partial charge in [-0.15, -0.1) is 5.10 Å². The van der Waals surface area contributed by atoms with Gasteiger partial charge in [0.15, 0.2) is 0 Å². The fourth-order valence-corrected chi connectivity index (χ4v) is 5.74. The molecule has 3 aliphatic rings. The molecule has 2 spiro atoms. The molecule has 7 heteroatoms. The van der Waals surface area contributed by atoms with Crippen molar-refractivity contribution >= 4 is 16.6 Å². The average Bonchev–Trinajstić information content (AvgIpc) is 3.58. The van der Waals surface area contributed by atoms with E-state index in [0.29, 0.717) is 33.9 Å². The number of benzene rings is 2. The minimum atomic E-state index is -0.207. The van der Waals surface area contributed by atoms with Crippen molar-refractivity contribution in [2.75, 3.05) is 5.73 Å². The lowest BCUT2D eigenvalue weighted by molar-refractivity contribution is 0.240. The Morgan fingerprint density at radius 1 is 1.06 bits per heavy atom. The van der Waals surface area contributed by atoms with Crippen LogP contribution in [0.15, 0.2) is 59.5 Å². The first-order chi connectivity index (χ1) is 16.0. The molecule has 3 aliphatic carbocycles. The Balaban J connectivity index is 1.10. The highest BCUT2D eigenvalue weighted by Gasteiger charge is 2.66. The second-order valence-corrected chi connectivity index (χ2v) is 10.3. The molecule has 3 fully saturated rings. The van der Waals surface area contributed by atoms with Gasteiger partial charge >= 0.3 is 0 Å². The number of hydrogen-bond acceptors (Lipinski definition) is 5. The molecule has 0 amide bonds. The largest absolute Gasteiger partial charge is 0.490 e. The second kappa shape index (κ2) is 6.47. The number of nitrogens with zero attached hydrogens (tertiary/aromatic N) is 3. The number of anilines is 1. The van der Waals surface area contributed by atoms with Gasteiger partial charge in [-0.2, -0.15) is 0 Å². The fraction of sp³-hybridized carbons (Fsp3) is 0.346. The molecule has 7 rings (SSSR count). The number of fused-ring (bicyclic) bond motifs is 1. The topological polar surface area (TPSA) is 98.8 Å². The highest BCUT2D eigenvalue weighted by Crippen LogP contribution is 2.72. The number of nitrogens with one attached hydrogen (secondary N) is 1. The highest BCUT2D eigenvalue weighted by atomic mass is 16.5. The van der Waals surface area contributed by atoms with Gasteiger partial charge in [-0.25, -0.2) is 4.68 Å². The minimum absolute atomic E-state index is 0.207. The molecule has 2 aromatic heterocycles. The van der Waals surface area contributed by atoms with Crippen molar-refractivity contribution in [1.29, 1.82) is 0 Å². The highest BCUT2D eigenvalue weighted by molar-refractivity contribution is 5.85. The predicted molar refractivity (Wildman–Crippen MR) is 126 cm³/mol. The third kappa shape index (κ3) is 3.14. The van der Waals surface area contributed by atoms with Crippen LogP contribution < -0.4 is 16.0 Å². The van der Waals surface area contributed by atoms with Gasteiger partial charge in [0.2, 0.25) is 0 Å². The molecule has 0 aliphatic heterocycles. The van der Waals surface area contributed by atoms with Gasteiger partial charge in [0, 0.05) is 22.0 Å². The van der Waals surface area contributed by atoms with Crippen molar-refractivity contribution in [2.45, 2.75) is 44.6 Å². The molecule has 2 aromatic carbocycles. The molecule has 0 saturated heterocycles. The normalized spacial score (nSPS) is 24.5. The molecule has 7 nitrogen and oxygen atoms in total. The number of nitrogens with two attached hydrogens (primary N) is 1. The lowest BCUT2D eigenvalue weighted by Gasteiger charge is -2.12. The smallest absolute Gasteiger partial charge is 0.258 e. The van der Waals surface area contributed by atoms with Gasteiger partial charge in [0.05, 0.1) is 17.4 Å². The quantitative estimate of drug-likeness (QED) is 0.458. The molecule has 4 aromatic rings. The zero-order valence-corrected chi connectivity index (χ0v) is 18.3. The molecule has 2 heterocycles. The third-order valence-corrected chi connectivity index (χ3v) is 7.97. The summed E-state index contributed by atoms with van der Waals surface area (Å²) in [5, 5.41) is 9.32. The monoisotopic (exact) mass is 439 g/mol. The van der Waals surface area contributed by atoms with Crippen molar-refractivity contribution in [3.63, 3.8) is 0 Å². The molecule has 1 unspecified atom stereocenters. The Morgan fingerprint density at radius 3 is 2.67 bits per heavy atom. The molecule has 3 saturated carbocycles. The summed E-state index contributed by atoms with van der Waals surface area (Å²) in [4.78, 5) is 15.5. The Bertz CT molecular complexity index is 1450. The van der Waals surface area contributed by atoms with Crippen LogP contribution in [0.25, 0.3) is 27.8 Å². The number of hydrogen-bond donors (Lipinski definition) is 2. The van der Waals surface area contributed by atoms with E-state index in [-0.39, 0.29) is 5.56 Å². The summed E-state index contributed by atoms with van der Waals surface area (Å²) in [6.07, 6.45) is 10.3. The number of nitrogen functional groups attached to an aromatic ring is 1. The van der Waals surface area contributed by atoms with Crippen LogP contribution >= 0.6 is 0 Å². The summed E-state index contributed by atoms with van der Waals surface area (Å²) in [7, 11) is 0. The molecule has 33 heavy (non-hydrogen) atoms. The Morgan fingerprint density at radius 2 is 1.88 bits per heavy atom. The van der Waals surface area contributed by atoms with E-state index >= 15 is 0 Å². The van der Waals surface area contributed by atoms with Gasteiger partial charge < -0.3 is 15.5 Å². The van der Waals surface area contributed by atoms with Gasteiger partial charge in [0.1, 0.15) is 17.5 Å². The third-order valence-electron chi connectivity index (χ3n) is 7.97. The maximum Gasteiger partial charge on any atom is 0.258 e. The van der Waals surface area contributed by atoms with Crippen LogP contribution in [-0.2, 0) is 0 Å². The first-order valence-corrected chi connectivity index (χ1v) is 11.6. The van der Waals surface area contributed by atoms with E-state index < -0.39 is 0 Å². The molecule has 0 radical (unpaired) electrons. The van der Waals surface area contributed by atoms with Gasteiger partial charge in [-0.05, 0) is 92.5 Å². The second-order valence-electron chi connectivity index (χ2n) is 10.3. The summed E-state index contributed by atoms with van der Waals surface area (Å²) in [6, 6.07) is 15.1. The van der Waals surface area contributed by atoms with E-state index in [1.165, 1.54) is 38.5 Å². The minimum Gasteiger partial charge on any atom is -0.490 e. The average molecular weight is 440 g/mol. The Kier molecular flexibility index (Phi) is 3.71. The maximum absolute atomic E-state index is 12.6. The first-order valence-electron chi connectivity index (χ1n) is 11.6. The SMILES string of the molecule is Nc1ccc2[nH]c(=O)c(-c3cn(-c4ccc(OC5C[C@@]56CCC5(CC5)C6)cc4)nn3)cc2c1.